The Balaban J connectivity index is 1.33. The number of nitrogens with zero attached hydrogens (tertiary/aromatic N) is 1. The van der Waals surface area contributed by atoms with Crippen molar-refractivity contribution in [3.8, 4) is 0 Å². The zero-order chi connectivity index (χ0) is 19.3. The summed E-state index contributed by atoms with van der Waals surface area (Å²) in [5.74, 6) is 0.783. The highest BCUT2D eigenvalue weighted by molar-refractivity contribution is 6.30. The Morgan fingerprint density at radius 2 is 1.79 bits per heavy atom. The summed E-state index contributed by atoms with van der Waals surface area (Å²) in [5.41, 5.74) is 3.98. The van der Waals surface area contributed by atoms with Crippen molar-refractivity contribution < 1.29 is 9.59 Å². The van der Waals surface area contributed by atoms with Gasteiger partial charge < -0.3 is 10.2 Å². The van der Waals surface area contributed by atoms with Crippen LogP contribution in [0.1, 0.15) is 42.7 Å². The van der Waals surface area contributed by atoms with Gasteiger partial charge in [0.2, 0.25) is 11.8 Å². The molecular weight excluding hydrogens is 372 g/mol. The lowest BCUT2D eigenvalue weighted by molar-refractivity contribution is -0.120. The number of fused-ring (bicyclic) bond motifs is 1. The number of nitrogens with one attached hydrogen (secondary N) is 1. The van der Waals surface area contributed by atoms with E-state index in [0.717, 1.165) is 61.2 Å². The van der Waals surface area contributed by atoms with Crippen molar-refractivity contribution in [2.75, 3.05) is 16.8 Å². The predicted octanol–water partition coefficient (Wildman–Crippen LogP) is 4.77. The van der Waals surface area contributed by atoms with Gasteiger partial charge in [0.25, 0.3) is 0 Å². The molecule has 0 bridgehead atoms. The van der Waals surface area contributed by atoms with E-state index in [1.807, 2.05) is 47.4 Å². The van der Waals surface area contributed by atoms with Gasteiger partial charge in [0.1, 0.15) is 0 Å². The molecule has 1 N–H and O–H groups in total. The molecule has 0 radical (unpaired) electrons. The van der Waals surface area contributed by atoms with Gasteiger partial charge in [-0.05, 0) is 79.5 Å². The lowest BCUT2D eigenvalue weighted by Crippen LogP contribution is -2.30. The zero-order valence-electron chi connectivity index (χ0n) is 15.7. The van der Waals surface area contributed by atoms with Crippen molar-refractivity contribution in [2.24, 2.45) is 11.8 Å². The van der Waals surface area contributed by atoms with E-state index in [1.165, 1.54) is 0 Å². The molecule has 1 heterocycles. The quantitative estimate of drug-likeness (QED) is 0.793. The maximum absolute atomic E-state index is 13.0. The highest BCUT2D eigenvalue weighted by Crippen LogP contribution is 2.44. The van der Waals surface area contributed by atoms with Gasteiger partial charge in [0.15, 0.2) is 0 Å². The number of benzene rings is 2. The van der Waals surface area contributed by atoms with Gasteiger partial charge in [-0.15, -0.1) is 0 Å². The van der Waals surface area contributed by atoms with Crippen LogP contribution in [0.5, 0.6) is 0 Å². The average molecular weight is 395 g/mol. The van der Waals surface area contributed by atoms with Crippen LogP contribution >= 0.6 is 11.6 Å². The highest BCUT2D eigenvalue weighted by atomic mass is 35.5. The molecule has 2 aliphatic carbocycles. The van der Waals surface area contributed by atoms with Crippen molar-refractivity contribution in [1.29, 1.82) is 0 Å². The average Bonchev–Trinajstić information content (AvgIpc) is 3.60. The summed E-state index contributed by atoms with van der Waals surface area (Å²) in [6.07, 6.45) is 5.06. The molecule has 2 fully saturated rings. The third-order valence-corrected chi connectivity index (χ3v) is 6.29. The van der Waals surface area contributed by atoms with Gasteiger partial charge >= 0.3 is 0 Å². The molecule has 2 aromatic rings. The number of anilines is 2. The lowest BCUT2D eigenvalue weighted by Gasteiger charge is -2.19. The molecule has 4 nitrogen and oxygen atoms in total. The number of hydrogen-bond acceptors (Lipinski definition) is 2. The molecular formula is C23H23ClN2O2. The van der Waals surface area contributed by atoms with Crippen LogP contribution in [0.3, 0.4) is 0 Å². The normalized spacial score (nSPS) is 19.2. The molecule has 5 rings (SSSR count). The summed E-state index contributed by atoms with van der Waals surface area (Å²) in [6.45, 7) is 0.748. The van der Waals surface area contributed by atoms with Gasteiger partial charge in [-0.25, -0.2) is 0 Å². The summed E-state index contributed by atoms with van der Waals surface area (Å²) < 4.78 is 0. The molecule has 0 saturated heterocycles. The Labute approximate surface area is 169 Å². The van der Waals surface area contributed by atoms with Crippen LogP contribution in [0.4, 0.5) is 11.4 Å². The standard InChI is InChI=1S/C23H23ClN2O2/c24-18-7-5-15(6-8-18)21(14-1-2-14)22(27)25-19-9-10-20-17(13-19)11-12-26(20)23(28)16-3-4-16/h5-10,13-14,16,21H,1-4,11-12H2,(H,25,27). The summed E-state index contributed by atoms with van der Waals surface area (Å²) in [7, 11) is 0. The minimum absolute atomic E-state index is 0.0358. The van der Waals surface area contributed by atoms with E-state index in [1.54, 1.807) is 0 Å². The Morgan fingerprint density at radius 1 is 1.04 bits per heavy atom. The molecule has 2 saturated carbocycles. The first-order valence-corrected chi connectivity index (χ1v) is 10.5. The van der Waals surface area contributed by atoms with Gasteiger partial charge in [-0.2, -0.15) is 0 Å². The van der Waals surface area contributed by atoms with Crippen molar-refractivity contribution in [2.45, 2.75) is 38.0 Å². The number of hydrogen-bond donors (Lipinski definition) is 1. The maximum Gasteiger partial charge on any atom is 0.232 e. The molecule has 144 valence electrons. The summed E-state index contributed by atoms with van der Waals surface area (Å²) in [5, 5.41) is 3.79. The van der Waals surface area contributed by atoms with E-state index < -0.39 is 0 Å². The molecule has 5 heteroatoms. The fourth-order valence-electron chi connectivity index (χ4n) is 4.22. The number of carbonyl (C=O) groups is 2. The second-order valence-corrected chi connectivity index (χ2v) is 8.65. The number of carbonyl (C=O) groups excluding carboxylic acids is 2. The predicted molar refractivity (Wildman–Crippen MR) is 111 cm³/mol. The third-order valence-electron chi connectivity index (χ3n) is 6.04. The Bertz CT molecular complexity index is 932. The Kier molecular flexibility index (Phi) is 4.39. The van der Waals surface area contributed by atoms with E-state index in [2.05, 4.69) is 5.32 Å². The maximum atomic E-state index is 13.0. The summed E-state index contributed by atoms with van der Waals surface area (Å²) >= 11 is 6.00. The van der Waals surface area contributed by atoms with E-state index in [0.29, 0.717) is 10.9 Å². The van der Waals surface area contributed by atoms with Crippen LogP contribution in [-0.4, -0.2) is 18.4 Å². The molecule has 1 unspecified atom stereocenters. The van der Waals surface area contributed by atoms with Gasteiger partial charge in [-0.3, -0.25) is 9.59 Å². The first-order valence-electron chi connectivity index (χ1n) is 10.1. The van der Waals surface area contributed by atoms with Crippen LogP contribution in [0, 0.1) is 11.8 Å². The molecule has 3 aliphatic rings. The lowest BCUT2D eigenvalue weighted by atomic mass is 9.93. The molecule has 28 heavy (non-hydrogen) atoms. The topological polar surface area (TPSA) is 49.4 Å². The molecule has 2 aromatic carbocycles. The van der Waals surface area contributed by atoms with E-state index >= 15 is 0 Å². The summed E-state index contributed by atoms with van der Waals surface area (Å²) in [6, 6.07) is 13.5. The van der Waals surface area contributed by atoms with Crippen LogP contribution in [0.15, 0.2) is 42.5 Å². The number of rotatable bonds is 5. The second kappa shape index (κ2) is 6.93. The van der Waals surface area contributed by atoms with Gasteiger partial charge in [0, 0.05) is 28.9 Å². The third kappa shape index (κ3) is 3.42. The van der Waals surface area contributed by atoms with E-state index in [4.69, 9.17) is 11.6 Å². The SMILES string of the molecule is O=C(Nc1ccc2c(c1)CCN2C(=O)C1CC1)C(c1ccc(Cl)cc1)C1CC1. The minimum Gasteiger partial charge on any atom is -0.326 e. The minimum atomic E-state index is -0.140. The monoisotopic (exact) mass is 394 g/mol. The van der Waals surface area contributed by atoms with Crippen molar-refractivity contribution in [3.63, 3.8) is 0 Å². The van der Waals surface area contributed by atoms with Crippen LogP contribution < -0.4 is 10.2 Å². The first-order chi connectivity index (χ1) is 13.6. The Morgan fingerprint density at radius 3 is 2.46 bits per heavy atom. The fourth-order valence-corrected chi connectivity index (χ4v) is 4.34. The largest absolute Gasteiger partial charge is 0.326 e. The number of amides is 2. The molecule has 1 aliphatic heterocycles. The van der Waals surface area contributed by atoms with Gasteiger partial charge in [-0.1, -0.05) is 23.7 Å². The molecule has 0 aromatic heterocycles. The van der Waals surface area contributed by atoms with Crippen molar-refractivity contribution >= 4 is 34.8 Å². The molecule has 1 atom stereocenters. The molecule has 0 spiro atoms. The fraction of sp³-hybridized carbons (Fsp3) is 0.391. The zero-order valence-corrected chi connectivity index (χ0v) is 16.4. The van der Waals surface area contributed by atoms with Crippen LogP contribution in [-0.2, 0) is 16.0 Å². The highest BCUT2D eigenvalue weighted by Gasteiger charge is 2.38. The van der Waals surface area contributed by atoms with Crippen molar-refractivity contribution in [1.82, 2.24) is 0 Å². The number of halogens is 1. The smallest absolute Gasteiger partial charge is 0.232 e. The summed E-state index contributed by atoms with van der Waals surface area (Å²) in [4.78, 5) is 27.4. The Hall–Kier alpha value is -2.33. The van der Waals surface area contributed by atoms with Gasteiger partial charge in [0.05, 0.1) is 5.92 Å². The second-order valence-electron chi connectivity index (χ2n) is 8.21. The van der Waals surface area contributed by atoms with Crippen molar-refractivity contribution in [3.05, 3.63) is 58.6 Å². The van der Waals surface area contributed by atoms with E-state index in [-0.39, 0.29) is 23.7 Å². The first kappa shape index (κ1) is 17.7. The van der Waals surface area contributed by atoms with E-state index in [9.17, 15) is 9.59 Å². The van der Waals surface area contributed by atoms with Crippen LogP contribution in [0.2, 0.25) is 5.02 Å². The van der Waals surface area contributed by atoms with Crippen LogP contribution in [0.25, 0.3) is 0 Å². The molecule has 2 amide bonds.